The Hall–Kier alpha value is -0.360. The minimum absolute atomic E-state index is 0.142. The van der Waals surface area contributed by atoms with E-state index in [0.717, 1.165) is 35.1 Å². The van der Waals surface area contributed by atoms with Crippen molar-refractivity contribution in [3.05, 3.63) is 15.3 Å². The number of hydrogen-bond acceptors (Lipinski definition) is 2. The van der Waals surface area contributed by atoms with Crippen LogP contribution in [-0.2, 0) is 11.3 Å². The fourth-order valence-electron chi connectivity index (χ4n) is 1.67. The SMILES string of the molecule is O=C(Cn1nc(Br)cc1Br)N1CCCC1. The lowest BCUT2D eigenvalue weighted by Crippen LogP contribution is -2.31. The van der Waals surface area contributed by atoms with Gasteiger partial charge in [-0.15, -0.1) is 0 Å². The molecule has 0 unspecified atom stereocenters. The highest BCUT2D eigenvalue weighted by Crippen LogP contribution is 2.17. The van der Waals surface area contributed by atoms with Gasteiger partial charge in [0.15, 0.2) is 0 Å². The first-order valence-electron chi connectivity index (χ1n) is 4.83. The van der Waals surface area contributed by atoms with Gasteiger partial charge in [0.1, 0.15) is 15.8 Å². The summed E-state index contributed by atoms with van der Waals surface area (Å²) in [6.45, 7) is 2.09. The highest BCUT2D eigenvalue weighted by molar-refractivity contribution is 9.11. The van der Waals surface area contributed by atoms with Crippen LogP contribution in [0.3, 0.4) is 0 Å². The number of nitrogens with zero attached hydrogens (tertiary/aromatic N) is 3. The van der Waals surface area contributed by atoms with E-state index in [1.807, 2.05) is 11.0 Å². The molecule has 1 aliphatic rings. The van der Waals surface area contributed by atoms with Crippen LogP contribution in [-0.4, -0.2) is 33.7 Å². The molecule has 4 nitrogen and oxygen atoms in total. The fraction of sp³-hybridized carbons (Fsp3) is 0.556. The molecule has 0 spiro atoms. The standard InChI is InChI=1S/C9H11Br2N3O/c10-7-5-8(11)14(12-7)6-9(15)13-3-1-2-4-13/h5H,1-4,6H2. The van der Waals surface area contributed by atoms with Gasteiger partial charge in [-0.05, 0) is 44.7 Å². The molecular weight excluding hydrogens is 326 g/mol. The van der Waals surface area contributed by atoms with Crippen molar-refractivity contribution in [3.63, 3.8) is 0 Å². The minimum atomic E-state index is 0.142. The number of aromatic nitrogens is 2. The van der Waals surface area contributed by atoms with E-state index in [1.54, 1.807) is 4.68 Å². The van der Waals surface area contributed by atoms with Crippen LogP contribution in [0.4, 0.5) is 0 Å². The van der Waals surface area contributed by atoms with Gasteiger partial charge < -0.3 is 4.90 Å². The van der Waals surface area contributed by atoms with Gasteiger partial charge >= 0.3 is 0 Å². The van der Waals surface area contributed by atoms with E-state index in [2.05, 4.69) is 37.0 Å². The van der Waals surface area contributed by atoms with E-state index in [4.69, 9.17) is 0 Å². The molecule has 0 bridgehead atoms. The summed E-state index contributed by atoms with van der Waals surface area (Å²) in [5, 5.41) is 4.16. The second kappa shape index (κ2) is 4.65. The zero-order chi connectivity index (χ0) is 10.8. The van der Waals surface area contributed by atoms with Crippen LogP contribution in [0.15, 0.2) is 15.3 Å². The van der Waals surface area contributed by atoms with Crippen LogP contribution in [0.2, 0.25) is 0 Å². The lowest BCUT2D eigenvalue weighted by molar-refractivity contribution is -0.131. The average Bonchev–Trinajstić information content (AvgIpc) is 2.76. The van der Waals surface area contributed by atoms with E-state index < -0.39 is 0 Å². The van der Waals surface area contributed by atoms with Gasteiger partial charge in [-0.2, -0.15) is 5.10 Å². The van der Waals surface area contributed by atoms with E-state index in [1.165, 1.54) is 0 Å². The molecule has 1 aliphatic heterocycles. The van der Waals surface area contributed by atoms with Crippen LogP contribution in [0.1, 0.15) is 12.8 Å². The second-order valence-corrected chi connectivity index (χ2v) is 5.16. The summed E-state index contributed by atoms with van der Waals surface area (Å²) in [6, 6.07) is 1.83. The Labute approximate surface area is 105 Å². The molecular formula is C9H11Br2N3O. The number of carbonyl (C=O) groups is 1. The molecule has 15 heavy (non-hydrogen) atoms. The van der Waals surface area contributed by atoms with Crippen molar-refractivity contribution in [2.24, 2.45) is 0 Å². The van der Waals surface area contributed by atoms with Crippen molar-refractivity contribution >= 4 is 37.8 Å². The number of carbonyl (C=O) groups excluding carboxylic acids is 1. The van der Waals surface area contributed by atoms with Crippen LogP contribution in [0, 0.1) is 0 Å². The predicted octanol–water partition coefficient (Wildman–Crippen LogP) is 2.03. The molecule has 1 saturated heterocycles. The first-order chi connectivity index (χ1) is 7.16. The molecule has 1 amide bonds. The van der Waals surface area contributed by atoms with Crippen molar-refractivity contribution < 1.29 is 4.79 Å². The topological polar surface area (TPSA) is 38.1 Å². The molecule has 1 aromatic rings. The molecule has 6 heteroatoms. The highest BCUT2D eigenvalue weighted by Gasteiger charge is 2.19. The van der Waals surface area contributed by atoms with Gasteiger partial charge in [-0.3, -0.25) is 4.79 Å². The van der Waals surface area contributed by atoms with Crippen LogP contribution in [0.25, 0.3) is 0 Å². The predicted molar refractivity (Wildman–Crippen MR) is 63.4 cm³/mol. The zero-order valence-electron chi connectivity index (χ0n) is 8.12. The Balaban J connectivity index is 2.01. The Morgan fingerprint density at radius 2 is 2.07 bits per heavy atom. The molecule has 0 aromatic carbocycles. The van der Waals surface area contributed by atoms with Gasteiger partial charge in [0.25, 0.3) is 0 Å². The third kappa shape index (κ3) is 2.60. The first-order valence-corrected chi connectivity index (χ1v) is 6.42. The van der Waals surface area contributed by atoms with Gasteiger partial charge in [0, 0.05) is 19.2 Å². The summed E-state index contributed by atoms with van der Waals surface area (Å²) in [5.74, 6) is 0.142. The van der Waals surface area contributed by atoms with E-state index >= 15 is 0 Å². The monoisotopic (exact) mass is 335 g/mol. The third-order valence-corrected chi connectivity index (χ3v) is 3.47. The number of halogens is 2. The molecule has 0 radical (unpaired) electrons. The van der Waals surface area contributed by atoms with Gasteiger partial charge in [-0.1, -0.05) is 0 Å². The molecule has 2 heterocycles. The van der Waals surface area contributed by atoms with Crippen molar-refractivity contribution in [3.8, 4) is 0 Å². The highest BCUT2D eigenvalue weighted by atomic mass is 79.9. The summed E-state index contributed by atoms with van der Waals surface area (Å²) >= 11 is 6.62. The summed E-state index contributed by atoms with van der Waals surface area (Å²) in [6.07, 6.45) is 2.24. The number of rotatable bonds is 2. The van der Waals surface area contributed by atoms with Crippen LogP contribution in [0.5, 0.6) is 0 Å². The number of likely N-dealkylation sites (tertiary alicyclic amines) is 1. The normalized spacial score (nSPS) is 16.0. The average molecular weight is 337 g/mol. The molecule has 82 valence electrons. The van der Waals surface area contributed by atoms with Gasteiger partial charge in [0.05, 0.1) is 0 Å². The second-order valence-electron chi connectivity index (χ2n) is 3.54. The minimum Gasteiger partial charge on any atom is -0.341 e. The Kier molecular flexibility index (Phi) is 3.45. The van der Waals surface area contributed by atoms with Crippen molar-refractivity contribution in [1.82, 2.24) is 14.7 Å². The lowest BCUT2D eigenvalue weighted by atomic mass is 10.4. The fourth-order valence-corrected chi connectivity index (χ4v) is 2.81. The van der Waals surface area contributed by atoms with E-state index in [0.29, 0.717) is 6.54 Å². The lowest BCUT2D eigenvalue weighted by Gasteiger charge is -2.15. The molecule has 0 N–H and O–H groups in total. The maximum absolute atomic E-state index is 11.8. The molecule has 0 saturated carbocycles. The maximum atomic E-state index is 11.8. The van der Waals surface area contributed by atoms with Gasteiger partial charge in [-0.25, -0.2) is 4.68 Å². The largest absolute Gasteiger partial charge is 0.341 e. The van der Waals surface area contributed by atoms with E-state index in [9.17, 15) is 4.79 Å². The number of amides is 1. The Bertz CT molecular complexity index is 371. The Morgan fingerprint density at radius 1 is 1.40 bits per heavy atom. The molecule has 0 atom stereocenters. The zero-order valence-corrected chi connectivity index (χ0v) is 11.3. The molecule has 1 fully saturated rings. The summed E-state index contributed by atoms with van der Waals surface area (Å²) in [4.78, 5) is 13.7. The summed E-state index contributed by atoms with van der Waals surface area (Å²) in [7, 11) is 0. The maximum Gasteiger partial charge on any atom is 0.244 e. The van der Waals surface area contributed by atoms with Crippen molar-refractivity contribution in [1.29, 1.82) is 0 Å². The van der Waals surface area contributed by atoms with Crippen molar-refractivity contribution in [2.75, 3.05) is 13.1 Å². The van der Waals surface area contributed by atoms with Crippen LogP contribution >= 0.6 is 31.9 Å². The van der Waals surface area contributed by atoms with Crippen LogP contribution < -0.4 is 0 Å². The smallest absolute Gasteiger partial charge is 0.244 e. The third-order valence-electron chi connectivity index (χ3n) is 2.44. The van der Waals surface area contributed by atoms with Crippen molar-refractivity contribution in [2.45, 2.75) is 19.4 Å². The molecule has 0 aliphatic carbocycles. The molecule has 1 aromatic heterocycles. The quantitative estimate of drug-likeness (QED) is 0.828. The first kappa shape index (κ1) is 11.1. The summed E-state index contributed by atoms with van der Waals surface area (Å²) < 4.78 is 3.22. The number of hydrogen-bond donors (Lipinski definition) is 0. The van der Waals surface area contributed by atoms with E-state index in [-0.39, 0.29) is 5.91 Å². The molecule has 2 rings (SSSR count). The van der Waals surface area contributed by atoms with Gasteiger partial charge in [0.2, 0.25) is 5.91 Å². The Morgan fingerprint density at radius 3 is 2.60 bits per heavy atom. The summed E-state index contributed by atoms with van der Waals surface area (Å²) in [5.41, 5.74) is 0.